The number of aromatic nitrogens is 1. The monoisotopic (exact) mass is 280 g/mol. The van der Waals surface area contributed by atoms with Crippen molar-refractivity contribution < 1.29 is 4.79 Å². The molecule has 0 aliphatic carbocycles. The van der Waals surface area contributed by atoms with Gasteiger partial charge in [-0.1, -0.05) is 11.6 Å². The van der Waals surface area contributed by atoms with E-state index < -0.39 is 0 Å². The fourth-order valence-electron chi connectivity index (χ4n) is 2.67. The second-order valence-electron chi connectivity index (χ2n) is 6.30. The largest absolute Gasteiger partial charge is 0.300 e. The summed E-state index contributed by atoms with van der Waals surface area (Å²) in [6, 6.07) is 3.79. The lowest BCUT2D eigenvalue weighted by Crippen LogP contribution is -2.40. The second-order valence-corrected chi connectivity index (χ2v) is 6.74. The molecule has 1 saturated heterocycles. The van der Waals surface area contributed by atoms with Crippen LogP contribution in [0.3, 0.4) is 0 Å². The first-order valence-electron chi connectivity index (χ1n) is 6.66. The summed E-state index contributed by atoms with van der Waals surface area (Å²) < 4.78 is 0. The van der Waals surface area contributed by atoms with E-state index in [1.165, 1.54) is 0 Å². The summed E-state index contributed by atoms with van der Waals surface area (Å²) in [6.45, 7) is 9.92. The number of rotatable bonds is 2. The van der Waals surface area contributed by atoms with Crippen LogP contribution in [0.15, 0.2) is 18.3 Å². The van der Waals surface area contributed by atoms with Gasteiger partial charge in [0.2, 0.25) is 0 Å². The third-order valence-corrected chi connectivity index (χ3v) is 4.14. The Morgan fingerprint density at radius 3 is 2.53 bits per heavy atom. The van der Waals surface area contributed by atoms with Crippen LogP contribution in [0, 0.1) is 5.92 Å². The van der Waals surface area contributed by atoms with E-state index in [1.54, 1.807) is 13.1 Å². The van der Waals surface area contributed by atoms with Crippen LogP contribution < -0.4 is 0 Å². The van der Waals surface area contributed by atoms with Gasteiger partial charge in [0, 0.05) is 42.4 Å². The van der Waals surface area contributed by atoms with Crippen molar-refractivity contribution in [1.82, 2.24) is 9.88 Å². The van der Waals surface area contributed by atoms with Crippen molar-refractivity contribution in [2.45, 2.75) is 39.2 Å². The maximum Gasteiger partial charge on any atom is 0.134 e. The Kier molecular flexibility index (Phi) is 3.98. The van der Waals surface area contributed by atoms with Crippen LogP contribution in [0.1, 0.15) is 39.3 Å². The van der Waals surface area contributed by atoms with Gasteiger partial charge in [0.15, 0.2) is 0 Å². The normalized spacial score (nSPS) is 24.7. The molecule has 0 aromatic carbocycles. The van der Waals surface area contributed by atoms with Crippen molar-refractivity contribution in [2.24, 2.45) is 5.92 Å². The molecule has 1 aliphatic heterocycles. The Hall–Kier alpha value is -0.930. The van der Waals surface area contributed by atoms with Crippen molar-refractivity contribution in [2.75, 3.05) is 13.1 Å². The molecule has 0 saturated carbocycles. The molecule has 104 valence electrons. The molecule has 19 heavy (non-hydrogen) atoms. The molecule has 1 fully saturated rings. The fraction of sp³-hybridized carbons (Fsp3) is 0.600. The van der Waals surface area contributed by atoms with Crippen LogP contribution in [0.25, 0.3) is 0 Å². The molecule has 0 radical (unpaired) electrons. The highest BCUT2D eigenvalue weighted by Crippen LogP contribution is 2.36. The van der Waals surface area contributed by atoms with Gasteiger partial charge in [0.1, 0.15) is 5.78 Å². The fourth-order valence-corrected chi connectivity index (χ4v) is 2.78. The summed E-state index contributed by atoms with van der Waals surface area (Å²) in [4.78, 5) is 18.6. The Balaban J connectivity index is 2.27. The Labute approximate surface area is 120 Å². The molecule has 0 N–H and O–H groups in total. The summed E-state index contributed by atoms with van der Waals surface area (Å²) in [5.74, 6) is 0.454. The van der Waals surface area contributed by atoms with Gasteiger partial charge in [-0.25, -0.2) is 0 Å². The van der Waals surface area contributed by atoms with Crippen molar-refractivity contribution in [3.8, 4) is 0 Å². The summed E-state index contributed by atoms with van der Waals surface area (Å²) in [5.41, 5.74) is 1.05. The second kappa shape index (κ2) is 5.22. The molecule has 2 heterocycles. The van der Waals surface area contributed by atoms with Gasteiger partial charge in [-0.3, -0.25) is 14.7 Å². The maximum absolute atomic E-state index is 11.9. The standard InChI is InChI=1S/C15H21ClN2O/c1-10(19)12-8-18(15(2,3)4)9-13(12)14-6-5-11(16)7-17-14/h5-7,12-13H,8-9H2,1-4H3. The average Bonchev–Trinajstić information content (AvgIpc) is 2.74. The van der Waals surface area contributed by atoms with E-state index in [2.05, 4.69) is 30.7 Å². The molecule has 2 rings (SSSR count). The van der Waals surface area contributed by atoms with Gasteiger partial charge in [-0.15, -0.1) is 0 Å². The van der Waals surface area contributed by atoms with Gasteiger partial charge in [-0.05, 0) is 39.8 Å². The maximum atomic E-state index is 11.9. The molecule has 0 spiro atoms. The lowest BCUT2D eigenvalue weighted by atomic mass is 9.90. The number of hydrogen-bond acceptors (Lipinski definition) is 3. The zero-order chi connectivity index (χ0) is 14.2. The Morgan fingerprint density at radius 1 is 1.37 bits per heavy atom. The minimum atomic E-state index is 0.0351. The van der Waals surface area contributed by atoms with Crippen molar-refractivity contribution in [1.29, 1.82) is 0 Å². The first-order chi connectivity index (χ1) is 8.79. The summed E-state index contributed by atoms with van der Waals surface area (Å²) in [7, 11) is 0. The predicted molar refractivity (Wildman–Crippen MR) is 77.5 cm³/mol. The van der Waals surface area contributed by atoms with Gasteiger partial charge >= 0.3 is 0 Å². The molecule has 0 amide bonds. The molecule has 3 nitrogen and oxygen atoms in total. The molecule has 1 aromatic heterocycles. The smallest absolute Gasteiger partial charge is 0.134 e. The molecular formula is C15H21ClN2O. The van der Waals surface area contributed by atoms with Gasteiger partial charge in [0.25, 0.3) is 0 Å². The molecule has 1 aliphatic rings. The number of halogens is 1. The quantitative estimate of drug-likeness (QED) is 0.834. The molecule has 0 bridgehead atoms. The van der Waals surface area contributed by atoms with Gasteiger partial charge in [0.05, 0.1) is 5.02 Å². The van der Waals surface area contributed by atoms with Crippen LogP contribution >= 0.6 is 11.6 Å². The Bertz CT molecular complexity index is 464. The highest BCUT2D eigenvalue weighted by molar-refractivity contribution is 6.30. The first kappa shape index (κ1) is 14.5. The molecule has 1 aromatic rings. The third-order valence-electron chi connectivity index (χ3n) is 3.92. The number of carbonyl (C=O) groups is 1. The highest BCUT2D eigenvalue weighted by Gasteiger charge is 2.41. The van der Waals surface area contributed by atoms with Gasteiger partial charge < -0.3 is 0 Å². The van der Waals surface area contributed by atoms with Crippen LogP contribution in [0.4, 0.5) is 0 Å². The summed E-state index contributed by atoms with van der Waals surface area (Å²) >= 11 is 5.88. The van der Waals surface area contributed by atoms with Crippen LogP contribution in [0.2, 0.25) is 5.02 Å². The minimum absolute atomic E-state index is 0.0351. The number of nitrogens with zero attached hydrogens (tertiary/aromatic N) is 2. The van der Waals surface area contributed by atoms with Crippen molar-refractivity contribution in [3.63, 3.8) is 0 Å². The van der Waals surface area contributed by atoms with E-state index in [0.29, 0.717) is 5.02 Å². The molecule has 2 unspecified atom stereocenters. The van der Waals surface area contributed by atoms with Crippen LogP contribution in [0.5, 0.6) is 0 Å². The number of ketones is 1. The van der Waals surface area contributed by atoms with Crippen molar-refractivity contribution in [3.05, 3.63) is 29.0 Å². The lowest BCUT2D eigenvalue weighted by Gasteiger charge is -2.31. The SMILES string of the molecule is CC(=O)C1CN(C(C)(C)C)CC1c1ccc(Cl)cn1. The summed E-state index contributed by atoms with van der Waals surface area (Å²) in [6.07, 6.45) is 1.66. The number of Topliss-reactive ketones (excluding diaryl/α,β-unsaturated/α-hetero) is 1. The highest BCUT2D eigenvalue weighted by atomic mass is 35.5. The van der Waals surface area contributed by atoms with Crippen molar-refractivity contribution >= 4 is 17.4 Å². The number of pyridine rings is 1. The Morgan fingerprint density at radius 2 is 2.05 bits per heavy atom. The average molecular weight is 281 g/mol. The minimum Gasteiger partial charge on any atom is -0.300 e. The zero-order valence-corrected chi connectivity index (χ0v) is 12.7. The van der Waals surface area contributed by atoms with E-state index in [-0.39, 0.29) is 23.2 Å². The number of likely N-dealkylation sites (tertiary alicyclic amines) is 1. The van der Waals surface area contributed by atoms with Gasteiger partial charge in [-0.2, -0.15) is 0 Å². The molecular weight excluding hydrogens is 260 g/mol. The molecule has 2 atom stereocenters. The third kappa shape index (κ3) is 3.15. The van der Waals surface area contributed by atoms with Crippen LogP contribution in [-0.2, 0) is 4.79 Å². The summed E-state index contributed by atoms with van der Waals surface area (Å²) in [5, 5.41) is 0.633. The molecule has 4 heteroatoms. The lowest BCUT2D eigenvalue weighted by molar-refractivity contribution is -0.120. The van der Waals surface area contributed by atoms with E-state index >= 15 is 0 Å². The number of hydrogen-bond donors (Lipinski definition) is 0. The zero-order valence-electron chi connectivity index (χ0n) is 12.0. The van der Waals surface area contributed by atoms with E-state index in [0.717, 1.165) is 18.8 Å². The van der Waals surface area contributed by atoms with E-state index in [4.69, 9.17) is 11.6 Å². The van der Waals surface area contributed by atoms with E-state index in [1.807, 2.05) is 12.1 Å². The first-order valence-corrected chi connectivity index (χ1v) is 7.04. The van der Waals surface area contributed by atoms with E-state index in [9.17, 15) is 4.79 Å². The predicted octanol–water partition coefficient (Wildman–Crippen LogP) is 3.14. The topological polar surface area (TPSA) is 33.2 Å². The number of carbonyl (C=O) groups excluding carboxylic acids is 1. The van der Waals surface area contributed by atoms with Crippen LogP contribution in [-0.4, -0.2) is 34.3 Å².